The van der Waals surface area contributed by atoms with Gasteiger partial charge in [0.1, 0.15) is 16.7 Å². The molecule has 0 heterocycles. The van der Waals surface area contributed by atoms with E-state index in [1.807, 2.05) is 127 Å². The predicted octanol–water partition coefficient (Wildman–Crippen LogP) is 7.01. The van der Waals surface area contributed by atoms with E-state index in [-0.39, 0.29) is 0 Å². The Hall–Kier alpha value is -4.07. The highest BCUT2D eigenvalue weighted by Crippen LogP contribution is 2.67. The standard InChI is InChI=1S/C33H29O3P/c1-35-29-22-18-27(19-23-29)33(26-12-6-3-7-13-26,28-20-24-30(36-2)25-21-28)37(34,31-14-8-4-9-15-31)32-16-10-5-11-17-32/h3-25H,1-2H3. The molecule has 0 saturated heterocycles. The third kappa shape index (κ3) is 4.16. The summed E-state index contributed by atoms with van der Waals surface area (Å²) >= 11 is 0. The number of hydrogen-bond acceptors (Lipinski definition) is 3. The van der Waals surface area contributed by atoms with Crippen molar-refractivity contribution in [2.75, 3.05) is 14.2 Å². The normalized spacial score (nSPS) is 11.6. The largest absolute Gasteiger partial charge is 0.497 e. The highest BCUT2D eigenvalue weighted by atomic mass is 31.2. The highest BCUT2D eigenvalue weighted by molar-refractivity contribution is 7.80. The molecule has 0 radical (unpaired) electrons. The first-order valence-corrected chi connectivity index (χ1v) is 13.9. The first kappa shape index (κ1) is 24.6. The second kappa shape index (κ2) is 10.5. The number of hydrogen-bond donors (Lipinski definition) is 0. The van der Waals surface area contributed by atoms with Crippen LogP contribution < -0.4 is 20.1 Å². The zero-order chi connectivity index (χ0) is 25.7. The molecular weight excluding hydrogens is 475 g/mol. The summed E-state index contributed by atoms with van der Waals surface area (Å²) in [5, 5.41) is 0.545. The zero-order valence-corrected chi connectivity index (χ0v) is 21.8. The van der Waals surface area contributed by atoms with Gasteiger partial charge in [0.25, 0.3) is 0 Å². The first-order valence-electron chi connectivity index (χ1n) is 12.2. The van der Waals surface area contributed by atoms with E-state index in [0.717, 1.165) is 38.8 Å². The van der Waals surface area contributed by atoms with Crippen LogP contribution in [0, 0.1) is 0 Å². The van der Waals surface area contributed by atoms with E-state index in [9.17, 15) is 0 Å². The van der Waals surface area contributed by atoms with Crippen LogP contribution in [-0.2, 0) is 9.72 Å². The molecule has 3 nitrogen and oxygen atoms in total. The van der Waals surface area contributed by atoms with Gasteiger partial charge in [-0.2, -0.15) is 0 Å². The molecule has 0 N–H and O–H groups in total. The van der Waals surface area contributed by atoms with Gasteiger partial charge in [0.15, 0.2) is 7.14 Å². The minimum absolute atomic E-state index is 0.745. The molecule has 0 amide bonds. The number of methoxy groups -OCH3 is 2. The number of rotatable bonds is 8. The third-order valence-corrected chi connectivity index (χ3v) is 10.7. The maximum atomic E-state index is 16.3. The summed E-state index contributed by atoms with van der Waals surface area (Å²) in [6.45, 7) is 0. The maximum Gasteiger partial charge on any atom is 0.161 e. The fraction of sp³-hybridized carbons (Fsp3) is 0.0909. The van der Waals surface area contributed by atoms with Gasteiger partial charge in [-0.3, -0.25) is 0 Å². The Balaban J connectivity index is 1.99. The van der Waals surface area contributed by atoms with Gasteiger partial charge in [0.2, 0.25) is 0 Å². The molecule has 0 aliphatic carbocycles. The molecular formula is C33H29O3P. The van der Waals surface area contributed by atoms with Crippen LogP contribution in [0.3, 0.4) is 0 Å². The smallest absolute Gasteiger partial charge is 0.161 e. The lowest BCUT2D eigenvalue weighted by Gasteiger charge is -2.43. The highest BCUT2D eigenvalue weighted by Gasteiger charge is 2.54. The second-order valence-corrected chi connectivity index (χ2v) is 11.7. The molecule has 0 saturated carbocycles. The molecule has 0 bridgehead atoms. The Labute approximate surface area is 218 Å². The lowest BCUT2D eigenvalue weighted by Crippen LogP contribution is -2.38. The SMILES string of the molecule is COc1ccc(C(c2ccccc2)(c2ccc(OC)cc2)P(=O)(c2ccccc2)c2ccccc2)cc1. The van der Waals surface area contributed by atoms with Gasteiger partial charge in [-0.05, 0) is 41.0 Å². The molecule has 0 aromatic heterocycles. The lowest BCUT2D eigenvalue weighted by molar-refractivity contribution is 0.414. The average Bonchev–Trinajstić information content (AvgIpc) is 2.99. The van der Waals surface area contributed by atoms with Crippen LogP contribution in [0.25, 0.3) is 0 Å². The van der Waals surface area contributed by atoms with E-state index in [1.165, 1.54) is 0 Å². The van der Waals surface area contributed by atoms with Gasteiger partial charge in [-0.25, -0.2) is 0 Å². The van der Waals surface area contributed by atoms with E-state index >= 15 is 4.57 Å². The van der Waals surface area contributed by atoms with Crippen LogP contribution in [0.4, 0.5) is 0 Å². The van der Waals surface area contributed by atoms with Crippen molar-refractivity contribution in [1.29, 1.82) is 0 Å². The molecule has 0 unspecified atom stereocenters. The van der Waals surface area contributed by atoms with Gasteiger partial charge in [-0.1, -0.05) is 115 Å². The van der Waals surface area contributed by atoms with Crippen LogP contribution in [0.1, 0.15) is 16.7 Å². The first-order chi connectivity index (χ1) is 18.1. The van der Waals surface area contributed by atoms with Crippen LogP contribution in [0.15, 0.2) is 140 Å². The Morgan fingerprint density at radius 1 is 0.459 bits per heavy atom. The summed E-state index contributed by atoms with van der Waals surface area (Å²) in [6, 6.07) is 45.8. The number of ether oxygens (including phenoxy) is 2. The quantitative estimate of drug-likeness (QED) is 0.168. The van der Waals surface area contributed by atoms with Crippen molar-refractivity contribution in [3.8, 4) is 11.5 Å². The molecule has 0 aliphatic heterocycles. The van der Waals surface area contributed by atoms with Crippen molar-refractivity contribution >= 4 is 17.8 Å². The van der Waals surface area contributed by atoms with Crippen molar-refractivity contribution in [2.24, 2.45) is 0 Å². The summed E-state index contributed by atoms with van der Waals surface area (Å²) in [6.07, 6.45) is 0. The van der Waals surface area contributed by atoms with Crippen LogP contribution >= 0.6 is 7.14 Å². The predicted molar refractivity (Wildman–Crippen MR) is 152 cm³/mol. The minimum Gasteiger partial charge on any atom is -0.497 e. The average molecular weight is 505 g/mol. The third-order valence-electron chi connectivity index (χ3n) is 6.92. The Morgan fingerprint density at radius 3 is 1.14 bits per heavy atom. The van der Waals surface area contributed by atoms with Crippen LogP contribution in [0.5, 0.6) is 11.5 Å². The Morgan fingerprint density at radius 2 is 0.784 bits per heavy atom. The van der Waals surface area contributed by atoms with E-state index in [1.54, 1.807) is 14.2 Å². The summed E-state index contributed by atoms with van der Waals surface area (Å²) in [5.41, 5.74) is 2.78. The van der Waals surface area contributed by atoms with Gasteiger partial charge < -0.3 is 14.0 Å². The molecule has 0 fully saturated rings. The van der Waals surface area contributed by atoms with E-state index in [4.69, 9.17) is 9.47 Å². The van der Waals surface area contributed by atoms with Crippen molar-refractivity contribution < 1.29 is 14.0 Å². The molecule has 184 valence electrons. The summed E-state index contributed by atoms with van der Waals surface area (Å²) in [5.74, 6) is 1.49. The fourth-order valence-electron chi connectivity index (χ4n) is 5.20. The van der Waals surface area contributed by atoms with E-state index in [0.29, 0.717) is 0 Å². The van der Waals surface area contributed by atoms with Gasteiger partial charge in [0.05, 0.1) is 14.2 Å². The zero-order valence-electron chi connectivity index (χ0n) is 21.0. The molecule has 5 rings (SSSR count). The van der Waals surface area contributed by atoms with Gasteiger partial charge in [-0.15, -0.1) is 0 Å². The molecule has 37 heavy (non-hydrogen) atoms. The number of benzene rings is 5. The Bertz CT molecular complexity index is 1390. The maximum absolute atomic E-state index is 16.3. The topological polar surface area (TPSA) is 35.5 Å². The van der Waals surface area contributed by atoms with E-state index in [2.05, 4.69) is 12.1 Å². The fourth-order valence-corrected chi connectivity index (χ4v) is 9.00. The van der Waals surface area contributed by atoms with Crippen molar-refractivity contribution in [2.45, 2.75) is 5.16 Å². The van der Waals surface area contributed by atoms with Gasteiger partial charge in [0, 0.05) is 10.6 Å². The van der Waals surface area contributed by atoms with E-state index < -0.39 is 12.3 Å². The summed E-state index contributed by atoms with van der Waals surface area (Å²) in [7, 11) is -0.151. The minimum atomic E-state index is -3.46. The van der Waals surface area contributed by atoms with Crippen molar-refractivity contribution in [3.63, 3.8) is 0 Å². The molecule has 5 aromatic carbocycles. The molecule has 5 aromatic rings. The van der Waals surface area contributed by atoms with Gasteiger partial charge >= 0.3 is 0 Å². The van der Waals surface area contributed by atoms with Crippen molar-refractivity contribution in [1.82, 2.24) is 0 Å². The van der Waals surface area contributed by atoms with Crippen LogP contribution in [-0.4, -0.2) is 14.2 Å². The molecule has 4 heteroatoms. The Kier molecular flexibility index (Phi) is 6.99. The molecule has 0 spiro atoms. The van der Waals surface area contributed by atoms with Crippen molar-refractivity contribution in [3.05, 3.63) is 156 Å². The lowest BCUT2D eigenvalue weighted by atomic mass is 9.84. The second-order valence-electron chi connectivity index (χ2n) is 8.81. The monoisotopic (exact) mass is 504 g/mol. The van der Waals surface area contributed by atoms with Crippen LogP contribution in [0.2, 0.25) is 0 Å². The summed E-state index contributed by atoms with van der Waals surface area (Å²) < 4.78 is 27.3. The molecule has 0 atom stereocenters. The molecule has 0 aliphatic rings. The summed E-state index contributed by atoms with van der Waals surface area (Å²) in [4.78, 5) is 0.